The Morgan fingerprint density at radius 2 is 2.20 bits per heavy atom. The molecule has 0 aliphatic heterocycles. The van der Waals surface area contributed by atoms with E-state index < -0.39 is 0 Å². The molecule has 1 N–H and O–H groups in total. The largest absolute Gasteiger partial charge is 0.308 e. The fraction of sp³-hybridized carbons (Fsp3) is 0.700. The minimum Gasteiger partial charge on any atom is -0.308 e. The molecule has 0 saturated carbocycles. The first-order chi connectivity index (χ1) is 7.10. The summed E-state index contributed by atoms with van der Waals surface area (Å²) in [6.07, 6.45) is 0. The van der Waals surface area contributed by atoms with Gasteiger partial charge in [0.1, 0.15) is 0 Å². The van der Waals surface area contributed by atoms with Gasteiger partial charge in [0.15, 0.2) is 0 Å². The third-order valence-electron chi connectivity index (χ3n) is 2.30. The number of nitrogens with zero attached hydrogens (tertiary/aromatic N) is 2. The first-order valence-electron chi connectivity index (χ1n) is 5.11. The molecule has 0 aromatic carbocycles. The van der Waals surface area contributed by atoms with Gasteiger partial charge in [-0.1, -0.05) is 15.9 Å². The van der Waals surface area contributed by atoms with Crippen molar-refractivity contribution in [3.63, 3.8) is 0 Å². The maximum Gasteiger partial charge on any atom is 0.0739 e. The number of rotatable bonds is 5. The van der Waals surface area contributed by atoms with Gasteiger partial charge in [0.25, 0.3) is 0 Å². The number of aromatic nitrogens is 2. The van der Waals surface area contributed by atoms with E-state index in [0.717, 1.165) is 28.6 Å². The van der Waals surface area contributed by atoms with Crippen molar-refractivity contribution in [1.82, 2.24) is 15.1 Å². The summed E-state index contributed by atoms with van der Waals surface area (Å²) in [6, 6.07) is 0.470. The van der Waals surface area contributed by atoms with Crippen LogP contribution >= 0.6 is 31.9 Å². The van der Waals surface area contributed by atoms with Gasteiger partial charge in [0, 0.05) is 24.5 Å². The lowest BCUT2D eigenvalue weighted by molar-refractivity contribution is 0.543. The molecule has 86 valence electrons. The third-order valence-corrected chi connectivity index (χ3v) is 4.30. The SMILES string of the molecule is CCn1nc(C)c(Br)c1CNC(C)CBr. The second-order valence-corrected chi connectivity index (χ2v) is 5.04. The standard InChI is InChI=1S/C10H17Br2N3/c1-4-15-9(6-13-7(2)5-11)10(12)8(3)14-15/h7,13H,4-6H2,1-3H3. The van der Waals surface area contributed by atoms with Crippen molar-refractivity contribution in [2.24, 2.45) is 0 Å². The summed E-state index contributed by atoms with van der Waals surface area (Å²) < 4.78 is 3.16. The average molecular weight is 339 g/mol. The molecule has 0 amide bonds. The fourth-order valence-corrected chi connectivity index (χ4v) is 2.02. The number of aryl methyl sites for hydroxylation is 2. The highest BCUT2D eigenvalue weighted by Gasteiger charge is 2.12. The Labute approximate surface area is 108 Å². The highest BCUT2D eigenvalue weighted by atomic mass is 79.9. The predicted molar refractivity (Wildman–Crippen MR) is 70.4 cm³/mol. The number of hydrogen-bond acceptors (Lipinski definition) is 2. The van der Waals surface area contributed by atoms with Crippen LogP contribution in [0.4, 0.5) is 0 Å². The Kier molecular flexibility index (Phi) is 5.29. The molecular weight excluding hydrogens is 322 g/mol. The van der Waals surface area contributed by atoms with Crippen molar-refractivity contribution in [2.75, 3.05) is 5.33 Å². The van der Waals surface area contributed by atoms with Crippen LogP contribution in [0.3, 0.4) is 0 Å². The van der Waals surface area contributed by atoms with Crippen LogP contribution in [0.5, 0.6) is 0 Å². The van der Waals surface area contributed by atoms with Gasteiger partial charge < -0.3 is 5.32 Å². The first-order valence-corrected chi connectivity index (χ1v) is 7.02. The fourth-order valence-electron chi connectivity index (χ4n) is 1.36. The van der Waals surface area contributed by atoms with Crippen LogP contribution in [0, 0.1) is 6.92 Å². The van der Waals surface area contributed by atoms with E-state index in [1.165, 1.54) is 5.69 Å². The van der Waals surface area contributed by atoms with Gasteiger partial charge in [-0.15, -0.1) is 0 Å². The van der Waals surface area contributed by atoms with E-state index in [9.17, 15) is 0 Å². The van der Waals surface area contributed by atoms with Crippen molar-refractivity contribution in [1.29, 1.82) is 0 Å². The molecule has 1 aromatic heterocycles. The average Bonchev–Trinajstić information content (AvgIpc) is 2.52. The molecule has 5 heteroatoms. The van der Waals surface area contributed by atoms with Crippen molar-refractivity contribution < 1.29 is 0 Å². The third kappa shape index (κ3) is 3.29. The van der Waals surface area contributed by atoms with E-state index in [0.29, 0.717) is 6.04 Å². The maximum atomic E-state index is 4.45. The zero-order valence-electron chi connectivity index (χ0n) is 9.35. The lowest BCUT2D eigenvalue weighted by Crippen LogP contribution is -2.28. The van der Waals surface area contributed by atoms with Crippen LogP contribution in [-0.2, 0) is 13.1 Å². The summed E-state index contributed by atoms with van der Waals surface area (Å²) in [5, 5.41) is 8.85. The summed E-state index contributed by atoms with van der Waals surface area (Å²) in [6.45, 7) is 8.04. The molecule has 15 heavy (non-hydrogen) atoms. The molecule has 0 bridgehead atoms. The molecule has 1 heterocycles. The zero-order chi connectivity index (χ0) is 11.4. The molecule has 1 unspecified atom stereocenters. The number of alkyl halides is 1. The number of hydrogen-bond donors (Lipinski definition) is 1. The minimum atomic E-state index is 0.470. The van der Waals surface area contributed by atoms with Gasteiger partial charge in [0.05, 0.1) is 15.9 Å². The predicted octanol–water partition coefficient (Wildman–Crippen LogP) is 2.85. The van der Waals surface area contributed by atoms with E-state index in [2.05, 4.69) is 56.1 Å². The van der Waals surface area contributed by atoms with Crippen LogP contribution < -0.4 is 5.32 Å². The smallest absolute Gasteiger partial charge is 0.0739 e. The molecule has 1 rings (SSSR count). The molecule has 0 aliphatic rings. The van der Waals surface area contributed by atoms with Gasteiger partial charge in [0.2, 0.25) is 0 Å². The van der Waals surface area contributed by atoms with E-state index in [4.69, 9.17) is 0 Å². The molecule has 0 spiro atoms. The normalized spacial score (nSPS) is 13.1. The summed E-state index contributed by atoms with van der Waals surface area (Å²) in [5.74, 6) is 0. The highest BCUT2D eigenvalue weighted by Crippen LogP contribution is 2.20. The van der Waals surface area contributed by atoms with Crippen molar-refractivity contribution >= 4 is 31.9 Å². The molecule has 0 radical (unpaired) electrons. The highest BCUT2D eigenvalue weighted by molar-refractivity contribution is 9.10. The Morgan fingerprint density at radius 3 is 2.73 bits per heavy atom. The Balaban J connectivity index is 2.74. The van der Waals surface area contributed by atoms with E-state index in [1.54, 1.807) is 0 Å². The van der Waals surface area contributed by atoms with Crippen LogP contribution in [0.25, 0.3) is 0 Å². The molecule has 1 atom stereocenters. The molecule has 3 nitrogen and oxygen atoms in total. The van der Waals surface area contributed by atoms with Crippen molar-refractivity contribution in [3.8, 4) is 0 Å². The molecule has 1 aromatic rings. The lowest BCUT2D eigenvalue weighted by Gasteiger charge is -2.11. The summed E-state index contributed by atoms with van der Waals surface area (Å²) in [7, 11) is 0. The van der Waals surface area contributed by atoms with E-state index >= 15 is 0 Å². The van der Waals surface area contributed by atoms with Crippen LogP contribution in [0.15, 0.2) is 4.47 Å². The summed E-state index contributed by atoms with van der Waals surface area (Å²) in [5.41, 5.74) is 2.28. The van der Waals surface area contributed by atoms with Crippen LogP contribution in [0.2, 0.25) is 0 Å². The van der Waals surface area contributed by atoms with Gasteiger partial charge in [-0.3, -0.25) is 4.68 Å². The molecule has 0 aliphatic carbocycles. The second-order valence-electron chi connectivity index (χ2n) is 3.60. The molecule has 0 fully saturated rings. The lowest BCUT2D eigenvalue weighted by atomic mass is 10.3. The first kappa shape index (κ1) is 13.2. The number of nitrogens with one attached hydrogen (secondary N) is 1. The topological polar surface area (TPSA) is 29.9 Å². The zero-order valence-corrected chi connectivity index (χ0v) is 12.5. The Bertz CT molecular complexity index is 323. The van der Waals surface area contributed by atoms with Gasteiger partial charge in [-0.2, -0.15) is 5.10 Å². The summed E-state index contributed by atoms with van der Waals surface area (Å²) in [4.78, 5) is 0. The summed E-state index contributed by atoms with van der Waals surface area (Å²) >= 11 is 7.03. The van der Waals surface area contributed by atoms with Crippen molar-refractivity contribution in [3.05, 3.63) is 15.9 Å². The van der Waals surface area contributed by atoms with Crippen molar-refractivity contribution in [2.45, 2.75) is 39.9 Å². The van der Waals surface area contributed by atoms with Gasteiger partial charge in [-0.25, -0.2) is 0 Å². The number of halogens is 2. The van der Waals surface area contributed by atoms with E-state index in [1.807, 2.05) is 11.6 Å². The van der Waals surface area contributed by atoms with E-state index in [-0.39, 0.29) is 0 Å². The Morgan fingerprint density at radius 1 is 1.53 bits per heavy atom. The maximum absolute atomic E-state index is 4.45. The molecular formula is C10H17Br2N3. The van der Waals surface area contributed by atoms with Crippen LogP contribution in [0.1, 0.15) is 25.2 Å². The van der Waals surface area contributed by atoms with Gasteiger partial charge in [-0.05, 0) is 36.7 Å². The quantitative estimate of drug-likeness (QED) is 0.837. The monoisotopic (exact) mass is 337 g/mol. The minimum absolute atomic E-state index is 0.470. The van der Waals surface area contributed by atoms with Crippen LogP contribution in [-0.4, -0.2) is 21.2 Å². The van der Waals surface area contributed by atoms with Gasteiger partial charge >= 0.3 is 0 Å². The molecule has 0 saturated heterocycles. The Hall–Kier alpha value is 0.130. The second kappa shape index (κ2) is 6.01.